The quantitative estimate of drug-likeness (QED) is 0.764. The maximum Gasteiger partial charge on any atom is 0.283 e. The smallest absolute Gasteiger partial charge is 0.266 e. The van der Waals surface area contributed by atoms with Crippen molar-refractivity contribution in [1.82, 2.24) is 4.72 Å². The molecule has 2 aromatic carbocycles. The highest BCUT2D eigenvalue weighted by Gasteiger charge is 2.28. The molecule has 0 saturated carbocycles. The molecule has 27 heavy (non-hydrogen) atoms. The molecule has 140 valence electrons. The largest absolute Gasteiger partial charge is 0.283 e. The first kappa shape index (κ1) is 19.4. The van der Waals surface area contributed by atoms with Gasteiger partial charge in [-0.3, -0.25) is 4.79 Å². The average Bonchev–Trinajstić information content (AvgIpc) is 2.96. The van der Waals surface area contributed by atoms with E-state index in [9.17, 15) is 22.0 Å². The second-order valence-electron chi connectivity index (χ2n) is 5.83. The van der Waals surface area contributed by atoms with Crippen LogP contribution in [-0.4, -0.2) is 20.0 Å². The molecule has 5 nitrogen and oxygen atoms in total. The molecular formula is C18H13BrF2N2O3S. The van der Waals surface area contributed by atoms with Crippen LogP contribution in [0.15, 0.2) is 68.1 Å². The zero-order chi connectivity index (χ0) is 19.8. The number of carbonyl (C=O) groups is 1. The summed E-state index contributed by atoms with van der Waals surface area (Å²) in [5.41, 5.74) is -0.0596. The molecule has 0 unspecified atom stereocenters. The minimum Gasteiger partial charge on any atom is -0.266 e. The second kappa shape index (κ2) is 7.32. The summed E-state index contributed by atoms with van der Waals surface area (Å²) in [6.07, 6.45) is 0.0374. The second-order valence-corrected chi connectivity index (χ2v) is 8.33. The molecular weight excluding hydrogens is 442 g/mol. The van der Waals surface area contributed by atoms with Gasteiger partial charge < -0.3 is 0 Å². The fraction of sp³-hybridized carbons (Fsp3) is 0.111. The number of allylic oxidation sites excluding steroid dienone is 1. The van der Waals surface area contributed by atoms with E-state index in [1.54, 1.807) is 13.0 Å². The van der Waals surface area contributed by atoms with Gasteiger partial charge in [0.1, 0.15) is 22.2 Å². The van der Waals surface area contributed by atoms with Gasteiger partial charge in [-0.25, -0.2) is 26.9 Å². The van der Waals surface area contributed by atoms with E-state index in [1.165, 1.54) is 24.3 Å². The summed E-state index contributed by atoms with van der Waals surface area (Å²) in [5.74, 6) is -2.57. The third-order valence-electron chi connectivity index (χ3n) is 3.90. The molecule has 9 heteroatoms. The Kier molecular flexibility index (Phi) is 5.25. The first-order chi connectivity index (χ1) is 12.7. The molecule has 1 aliphatic heterocycles. The summed E-state index contributed by atoms with van der Waals surface area (Å²) >= 11 is 3.12. The molecule has 1 N–H and O–H groups in total. The monoisotopic (exact) mass is 454 g/mol. The molecule has 0 saturated heterocycles. The van der Waals surface area contributed by atoms with Gasteiger partial charge in [-0.2, -0.15) is 0 Å². The van der Waals surface area contributed by atoms with Crippen molar-refractivity contribution in [3.8, 4) is 0 Å². The van der Waals surface area contributed by atoms with E-state index in [-0.39, 0.29) is 28.3 Å². The van der Waals surface area contributed by atoms with Crippen LogP contribution in [-0.2, 0) is 14.8 Å². The zero-order valence-electron chi connectivity index (χ0n) is 14.0. The zero-order valence-corrected chi connectivity index (χ0v) is 16.4. The van der Waals surface area contributed by atoms with Crippen molar-refractivity contribution in [2.45, 2.75) is 18.2 Å². The molecule has 1 amide bonds. The Balaban J connectivity index is 1.90. The predicted octanol–water partition coefficient (Wildman–Crippen LogP) is 3.70. The van der Waals surface area contributed by atoms with E-state index >= 15 is 0 Å². The average molecular weight is 455 g/mol. The van der Waals surface area contributed by atoms with Crippen LogP contribution in [0.3, 0.4) is 0 Å². The van der Waals surface area contributed by atoms with Crippen LogP contribution in [0.2, 0.25) is 0 Å². The number of halogens is 3. The number of benzene rings is 2. The predicted molar refractivity (Wildman–Crippen MR) is 99.7 cm³/mol. The number of nitrogens with zero attached hydrogens (tertiary/aromatic N) is 1. The Morgan fingerprint density at radius 2 is 1.74 bits per heavy atom. The molecule has 0 radical (unpaired) electrons. The SMILES string of the molecule is CC1=C(C(=O)NS(=O)(=O)c2ccccc2Br)N=C(c2c(F)cccc2F)C1. The van der Waals surface area contributed by atoms with Gasteiger partial charge in [0.05, 0.1) is 11.3 Å². The van der Waals surface area contributed by atoms with E-state index < -0.39 is 27.6 Å². The third kappa shape index (κ3) is 3.84. The molecule has 0 bridgehead atoms. The molecule has 1 aliphatic rings. The number of carbonyl (C=O) groups excluding carboxylic acids is 1. The number of aliphatic imine (C=N–C) groups is 1. The maximum atomic E-state index is 14.0. The number of hydrogen-bond acceptors (Lipinski definition) is 4. The highest BCUT2D eigenvalue weighted by atomic mass is 79.9. The standard InChI is InChI=1S/C18H13BrF2N2O3S/c1-10-9-14(16-12(20)6-4-7-13(16)21)22-17(10)18(24)23-27(25,26)15-8-3-2-5-11(15)19/h2-8H,9H2,1H3,(H,23,24). The van der Waals surface area contributed by atoms with Crippen LogP contribution in [0.25, 0.3) is 0 Å². The summed E-state index contributed by atoms with van der Waals surface area (Å²) in [5, 5.41) is 0. The van der Waals surface area contributed by atoms with E-state index in [1.807, 2.05) is 4.72 Å². The molecule has 2 aromatic rings. The topological polar surface area (TPSA) is 75.6 Å². The lowest BCUT2D eigenvalue weighted by atomic mass is 10.0. The summed E-state index contributed by atoms with van der Waals surface area (Å²) in [4.78, 5) is 16.3. The number of nitrogens with one attached hydrogen (secondary N) is 1. The van der Waals surface area contributed by atoms with Gasteiger partial charge in [-0.1, -0.05) is 18.2 Å². The summed E-state index contributed by atoms with van der Waals surface area (Å²) in [6, 6.07) is 9.41. The van der Waals surface area contributed by atoms with Crippen LogP contribution in [0, 0.1) is 11.6 Å². The number of sulfonamides is 1. The maximum absolute atomic E-state index is 14.0. The minimum atomic E-state index is -4.15. The number of rotatable bonds is 4. The lowest BCUT2D eigenvalue weighted by Crippen LogP contribution is -2.31. The van der Waals surface area contributed by atoms with Crippen molar-refractivity contribution < 1.29 is 22.0 Å². The van der Waals surface area contributed by atoms with Gasteiger partial charge in [-0.15, -0.1) is 0 Å². The molecule has 3 rings (SSSR count). The molecule has 1 heterocycles. The van der Waals surface area contributed by atoms with E-state index in [4.69, 9.17) is 0 Å². The Bertz CT molecular complexity index is 1090. The van der Waals surface area contributed by atoms with Gasteiger partial charge in [-0.05, 0) is 52.7 Å². The third-order valence-corrected chi connectivity index (χ3v) is 6.25. The van der Waals surface area contributed by atoms with Gasteiger partial charge in [0.15, 0.2) is 0 Å². The Morgan fingerprint density at radius 1 is 1.11 bits per heavy atom. The molecule has 0 fully saturated rings. The van der Waals surface area contributed by atoms with E-state index in [2.05, 4.69) is 20.9 Å². The van der Waals surface area contributed by atoms with Crippen LogP contribution >= 0.6 is 15.9 Å². The van der Waals surface area contributed by atoms with Crippen LogP contribution < -0.4 is 4.72 Å². The normalized spacial score (nSPS) is 14.3. The summed E-state index contributed by atoms with van der Waals surface area (Å²) in [6.45, 7) is 1.55. The fourth-order valence-corrected chi connectivity index (χ4v) is 4.61. The van der Waals surface area contributed by atoms with Crippen LogP contribution in [0.4, 0.5) is 8.78 Å². The first-order valence-corrected chi connectivity index (χ1v) is 10.0. The molecule has 0 aromatic heterocycles. The molecule has 0 aliphatic carbocycles. The lowest BCUT2D eigenvalue weighted by Gasteiger charge is -2.08. The first-order valence-electron chi connectivity index (χ1n) is 7.74. The van der Waals surface area contributed by atoms with Crippen molar-refractivity contribution in [1.29, 1.82) is 0 Å². The highest BCUT2D eigenvalue weighted by Crippen LogP contribution is 2.27. The highest BCUT2D eigenvalue weighted by molar-refractivity contribution is 9.10. The van der Waals surface area contributed by atoms with Gasteiger partial charge in [0.25, 0.3) is 15.9 Å². The van der Waals surface area contributed by atoms with Gasteiger partial charge in [0.2, 0.25) is 0 Å². The summed E-state index contributed by atoms with van der Waals surface area (Å²) < 4.78 is 55.0. The minimum absolute atomic E-state index is 0.0338. The van der Waals surface area contributed by atoms with Crippen molar-refractivity contribution in [2.75, 3.05) is 0 Å². The van der Waals surface area contributed by atoms with Crippen molar-refractivity contribution in [2.24, 2.45) is 4.99 Å². The van der Waals surface area contributed by atoms with Gasteiger partial charge in [0, 0.05) is 10.9 Å². The van der Waals surface area contributed by atoms with Crippen molar-refractivity contribution in [3.63, 3.8) is 0 Å². The Hall–Kier alpha value is -2.39. The Morgan fingerprint density at radius 3 is 2.37 bits per heavy atom. The lowest BCUT2D eigenvalue weighted by molar-refractivity contribution is -0.115. The fourth-order valence-electron chi connectivity index (χ4n) is 2.66. The van der Waals surface area contributed by atoms with Crippen molar-refractivity contribution in [3.05, 3.63) is 75.4 Å². The van der Waals surface area contributed by atoms with Crippen LogP contribution in [0.1, 0.15) is 18.9 Å². The van der Waals surface area contributed by atoms with Crippen molar-refractivity contribution >= 4 is 37.6 Å². The van der Waals surface area contributed by atoms with Crippen LogP contribution in [0.5, 0.6) is 0 Å². The van der Waals surface area contributed by atoms with E-state index in [0.717, 1.165) is 12.1 Å². The number of hydrogen-bond donors (Lipinski definition) is 1. The summed E-state index contributed by atoms with van der Waals surface area (Å²) in [7, 11) is -4.15. The Labute approximate surface area is 163 Å². The molecule has 0 atom stereocenters. The molecule has 0 spiro atoms. The van der Waals surface area contributed by atoms with Gasteiger partial charge >= 0.3 is 0 Å². The number of amides is 1. The van der Waals surface area contributed by atoms with E-state index in [0.29, 0.717) is 10.0 Å².